The number of nitrogens with one attached hydrogen (secondary N) is 1. The minimum Gasteiger partial charge on any atom is -0.379 e. The molecule has 4 rings (SSSR count). The number of amides is 1. The molecule has 1 aromatic rings. The second-order valence-corrected chi connectivity index (χ2v) is 15.5. The van der Waals surface area contributed by atoms with Gasteiger partial charge in [-0.3, -0.25) is 19.2 Å². The van der Waals surface area contributed by atoms with Crippen molar-refractivity contribution in [2.45, 2.75) is 127 Å². The molecule has 45 heavy (non-hydrogen) atoms. The third kappa shape index (κ3) is 9.37. The first-order valence-corrected chi connectivity index (χ1v) is 17.2. The Morgan fingerprint density at radius 3 is 2.38 bits per heavy atom. The molecule has 0 unspecified atom stereocenters. The summed E-state index contributed by atoms with van der Waals surface area (Å²) in [6, 6.07) is 7.37. The number of benzene rings is 1. The monoisotopic (exact) mass is 641 g/mol. The van der Waals surface area contributed by atoms with E-state index >= 15 is 0 Å². The van der Waals surface area contributed by atoms with Crippen LogP contribution in [0.1, 0.15) is 92.1 Å². The van der Waals surface area contributed by atoms with Crippen molar-refractivity contribution in [3.63, 3.8) is 0 Å². The lowest BCUT2D eigenvalue weighted by Crippen LogP contribution is -2.59. The topological polar surface area (TPSA) is 115 Å². The van der Waals surface area contributed by atoms with Crippen LogP contribution in [0.25, 0.3) is 0 Å². The molecule has 3 aliphatic rings. The van der Waals surface area contributed by atoms with Crippen LogP contribution in [0.4, 0.5) is 0 Å². The first kappa shape index (κ1) is 35.5. The number of allylic oxidation sites excluding steroid dienone is 1. The average Bonchev–Trinajstić information content (AvgIpc) is 3.88. The zero-order valence-electron chi connectivity index (χ0n) is 28.0. The summed E-state index contributed by atoms with van der Waals surface area (Å²) >= 11 is 1.38. The van der Waals surface area contributed by atoms with E-state index in [-0.39, 0.29) is 76.2 Å². The summed E-state index contributed by atoms with van der Waals surface area (Å²) in [5, 5.41) is 3.10. The second-order valence-electron chi connectivity index (χ2n) is 14.4. The fourth-order valence-electron chi connectivity index (χ4n) is 6.63. The van der Waals surface area contributed by atoms with E-state index < -0.39 is 0 Å². The number of carbonyl (C=O) groups excluding carboxylic acids is 4. The van der Waals surface area contributed by atoms with Gasteiger partial charge in [-0.2, -0.15) is 0 Å². The minimum atomic E-state index is -0.381. The fourth-order valence-corrected chi connectivity index (χ4v) is 7.39. The number of epoxide rings is 2. The maximum atomic E-state index is 13.0. The number of ether oxygens (including phenoxy) is 3. The van der Waals surface area contributed by atoms with Crippen LogP contribution in [0, 0.1) is 11.3 Å². The van der Waals surface area contributed by atoms with Crippen LogP contribution in [0.2, 0.25) is 0 Å². The molecule has 3 fully saturated rings. The summed E-state index contributed by atoms with van der Waals surface area (Å²) in [4.78, 5) is 51.1. The maximum Gasteiger partial charge on any atom is 0.227 e. The van der Waals surface area contributed by atoms with Gasteiger partial charge in [-0.15, -0.1) is 11.8 Å². The van der Waals surface area contributed by atoms with Crippen LogP contribution < -0.4 is 5.32 Å². The third-order valence-electron chi connectivity index (χ3n) is 9.42. The van der Waals surface area contributed by atoms with Gasteiger partial charge in [0.15, 0.2) is 5.78 Å². The number of Topliss-reactive ketones (excluding diaryl/α,β-unsaturated/α-hetero) is 3. The molecule has 1 aromatic carbocycles. The Labute approximate surface area is 272 Å². The molecule has 1 N–H and O–H groups in total. The van der Waals surface area contributed by atoms with Gasteiger partial charge in [0.1, 0.15) is 17.2 Å². The Balaban J connectivity index is 1.21. The van der Waals surface area contributed by atoms with Gasteiger partial charge in [0.05, 0.1) is 42.6 Å². The zero-order valence-corrected chi connectivity index (χ0v) is 28.8. The van der Waals surface area contributed by atoms with E-state index in [9.17, 15) is 19.2 Å². The largest absolute Gasteiger partial charge is 0.379 e. The SMILES string of the molecule is CO[C@@H]1[C@H](NC(=O)CC(=O)CSc2ccc(CC(=O)CCCC(=O)C(C)(C)C)cc2)CC[C@]2(CO2)[C@H]1[C@]1(C)O[C@@H]1CC=C(C)C. The van der Waals surface area contributed by atoms with Gasteiger partial charge in [-0.1, -0.05) is 44.6 Å². The number of ketones is 3. The highest BCUT2D eigenvalue weighted by molar-refractivity contribution is 8.00. The molecule has 1 amide bonds. The van der Waals surface area contributed by atoms with E-state index in [0.29, 0.717) is 32.3 Å². The Morgan fingerprint density at radius 1 is 1.09 bits per heavy atom. The predicted octanol–water partition coefficient (Wildman–Crippen LogP) is 5.83. The maximum absolute atomic E-state index is 13.0. The average molecular weight is 642 g/mol. The van der Waals surface area contributed by atoms with E-state index in [1.54, 1.807) is 7.11 Å². The summed E-state index contributed by atoms with van der Waals surface area (Å²) in [7, 11) is 1.67. The lowest BCUT2D eigenvalue weighted by atomic mass is 9.67. The van der Waals surface area contributed by atoms with E-state index in [1.165, 1.54) is 17.3 Å². The molecule has 1 spiro atoms. The van der Waals surface area contributed by atoms with Crippen LogP contribution in [-0.4, -0.2) is 72.2 Å². The molecule has 6 atom stereocenters. The van der Waals surface area contributed by atoms with Crippen LogP contribution in [0.3, 0.4) is 0 Å². The van der Waals surface area contributed by atoms with Gasteiger partial charge < -0.3 is 19.5 Å². The molecule has 2 aliphatic heterocycles. The summed E-state index contributed by atoms with van der Waals surface area (Å²) < 4.78 is 18.3. The summed E-state index contributed by atoms with van der Waals surface area (Å²) in [5.41, 5.74) is 1.14. The Bertz CT molecular complexity index is 1280. The number of methoxy groups -OCH3 is 1. The molecule has 8 nitrogen and oxygen atoms in total. The van der Waals surface area contributed by atoms with Crippen molar-refractivity contribution in [1.29, 1.82) is 0 Å². The molecule has 9 heteroatoms. The molecule has 0 bridgehead atoms. The lowest BCUT2D eigenvalue weighted by molar-refractivity contribution is -0.130. The lowest BCUT2D eigenvalue weighted by Gasteiger charge is -2.43. The number of thioether (sulfide) groups is 1. The summed E-state index contributed by atoms with van der Waals surface area (Å²) in [5.74, 6) is 0.0225. The van der Waals surface area contributed by atoms with Gasteiger partial charge >= 0.3 is 0 Å². The highest BCUT2D eigenvalue weighted by Gasteiger charge is 2.71. The summed E-state index contributed by atoms with van der Waals surface area (Å²) in [6.07, 6.45) is 5.93. The van der Waals surface area contributed by atoms with Gasteiger partial charge in [0.2, 0.25) is 5.91 Å². The van der Waals surface area contributed by atoms with Crippen molar-refractivity contribution >= 4 is 35.0 Å². The van der Waals surface area contributed by atoms with Crippen LogP contribution in [-0.2, 0) is 39.8 Å². The van der Waals surface area contributed by atoms with E-state index in [2.05, 4.69) is 32.2 Å². The number of carbonyl (C=O) groups is 4. The van der Waals surface area contributed by atoms with Gasteiger partial charge in [-0.25, -0.2) is 0 Å². The quantitative estimate of drug-likeness (QED) is 0.104. The molecule has 0 aromatic heterocycles. The fraction of sp³-hybridized carbons (Fsp3) is 0.667. The molecule has 2 heterocycles. The third-order valence-corrected chi connectivity index (χ3v) is 10.5. The number of hydrogen-bond acceptors (Lipinski definition) is 8. The van der Waals surface area contributed by atoms with E-state index in [1.807, 2.05) is 45.0 Å². The second kappa shape index (κ2) is 14.6. The van der Waals surface area contributed by atoms with Crippen LogP contribution in [0.5, 0.6) is 0 Å². The smallest absolute Gasteiger partial charge is 0.227 e. The highest BCUT2D eigenvalue weighted by atomic mass is 32.2. The van der Waals surface area contributed by atoms with Gasteiger partial charge in [-0.05, 0) is 64.2 Å². The molecule has 1 aliphatic carbocycles. The van der Waals surface area contributed by atoms with Crippen molar-refractivity contribution < 1.29 is 33.4 Å². The number of rotatable bonds is 16. The molecule has 0 radical (unpaired) electrons. The van der Waals surface area contributed by atoms with Crippen molar-refractivity contribution in [2.24, 2.45) is 11.3 Å². The Hall–Kier alpha value is -2.33. The van der Waals surface area contributed by atoms with E-state index in [0.717, 1.165) is 29.7 Å². The van der Waals surface area contributed by atoms with Crippen LogP contribution >= 0.6 is 11.8 Å². The van der Waals surface area contributed by atoms with Crippen molar-refractivity contribution in [1.82, 2.24) is 5.32 Å². The highest BCUT2D eigenvalue weighted by Crippen LogP contribution is 2.59. The van der Waals surface area contributed by atoms with Gasteiger partial charge in [0.25, 0.3) is 0 Å². The Kier molecular flexibility index (Phi) is 11.5. The molecular weight excluding hydrogens is 590 g/mol. The normalized spacial score (nSPS) is 28.8. The first-order chi connectivity index (χ1) is 21.2. The van der Waals surface area contributed by atoms with Gasteiger partial charge in [0, 0.05) is 42.6 Å². The number of hydrogen-bond donors (Lipinski definition) is 1. The standard InChI is InChI=1S/C36H51NO7S/c1-23(2)11-16-30-35(6,44-30)33-32(42-7)28(17-18-36(33)22-43-36)37-31(41)20-26(39)21-45-27-14-12-24(13-15-27)19-25(38)9-8-10-29(40)34(3,4)5/h11-15,28,30,32-33H,8-10,16-22H2,1-7H3,(H,37,41)/t28-,30-,32-,33-,35-,36+/m1/s1. The molecule has 1 saturated carbocycles. The summed E-state index contributed by atoms with van der Waals surface area (Å²) in [6.45, 7) is 12.7. The predicted molar refractivity (Wildman–Crippen MR) is 175 cm³/mol. The van der Waals surface area contributed by atoms with Crippen molar-refractivity contribution in [2.75, 3.05) is 19.5 Å². The van der Waals surface area contributed by atoms with E-state index in [4.69, 9.17) is 14.2 Å². The van der Waals surface area contributed by atoms with Crippen LogP contribution in [0.15, 0.2) is 40.8 Å². The molecule has 248 valence electrons. The zero-order chi connectivity index (χ0) is 33.0. The Morgan fingerprint density at radius 2 is 1.78 bits per heavy atom. The van der Waals surface area contributed by atoms with Crippen molar-refractivity contribution in [3.05, 3.63) is 41.5 Å². The molecule has 2 saturated heterocycles. The first-order valence-electron chi connectivity index (χ1n) is 16.2. The molecular formula is C36H51NO7S. The minimum absolute atomic E-state index is 0.00759. The van der Waals surface area contributed by atoms with Crippen molar-refractivity contribution in [3.8, 4) is 0 Å².